The van der Waals surface area contributed by atoms with Crippen LogP contribution in [0.5, 0.6) is 5.75 Å². The summed E-state index contributed by atoms with van der Waals surface area (Å²) < 4.78 is 107. The lowest BCUT2D eigenvalue weighted by Crippen LogP contribution is -2.53. The minimum Gasteiger partial charge on any atom is -0.492 e. The second-order valence-corrected chi connectivity index (χ2v) is 10.5. The first-order valence-electron chi connectivity index (χ1n) is 10.2. The highest BCUT2D eigenvalue weighted by molar-refractivity contribution is 7.90. The maximum Gasteiger partial charge on any atom is 0.417 e. The normalized spacial score (nSPS) is 24.1. The molecule has 0 spiro atoms. The first-order valence-corrected chi connectivity index (χ1v) is 12.1. The van der Waals surface area contributed by atoms with Crippen molar-refractivity contribution in [1.82, 2.24) is 5.32 Å². The predicted molar refractivity (Wildman–Crippen MR) is 111 cm³/mol. The smallest absolute Gasteiger partial charge is 0.417 e. The van der Waals surface area contributed by atoms with Crippen molar-refractivity contribution >= 4 is 9.84 Å². The first kappa shape index (κ1) is 26.3. The number of halogens is 6. The van der Waals surface area contributed by atoms with E-state index >= 15 is 0 Å². The third kappa shape index (κ3) is 6.02. The highest BCUT2D eigenvalue weighted by atomic mass is 32.2. The molecule has 188 valence electrons. The second kappa shape index (κ2) is 9.04. The van der Waals surface area contributed by atoms with Crippen molar-refractivity contribution in [3.05, 3.63) is 59.2 Å². The van der Waals surface area contributed by atoms with Gasteiger partial charge < -0.3 is 15.2 Å². The van der Waals surface area contributed by atoms with Crippen molar-refractivity contribution in [2.75, 3.05) is 12.9 Å². The van der Waals surface area contributed by atoms with Crippen molar-refractivity contribution in [3.8, 4) is 5.75 Å². The number of sulfone groups is 1. The summed E-state index contributed by atoms with van der Waals surface area (Å²) >= 11 is 0. The van der Waals surface area contributed by atoms with E-state index in [4.69, 9.17) is 4.74 Å². The largest absolute Gasteiger partial charge is 0.492 e. The van der Waals surface area contributed by atoms with Gasteiger partial charge in [-0.2, -0.15) is 26.3 Å². The van der Waals surface area contributed by atoms with E-state index in [9.17, 15) is 39.9 Å². The van der Waals surface area contributed by atoms with Gasteiger partial charge in [0.15, 0.2) is 9.84 Å². The fourth-order valence-electron chi connectivity index (χ4n) is 4.17. The lowest BCUT2D eigenvalue weighted by Gasteiger charge is -2.41. The van der Waals surface area contributed by atoms with Crippen molar-refractivity contribution < 1.29 is 44.6 Å². The van der Waals surface area contributed by atoms with Gasteiger partial charge in [-0.1, -0.05) is 12.1 Å². The van der Waals surface area contributed by atoms with Crippen LogP contribution >= 0.6 is 0 Å². The Morgan fingerprint density at radius 2 is 1.65 bits per heavy atom. The van der Waals surface area contributed by atoms with Gasteiger partial charge in [-0.3, -0.25) is 0 Å². The molecule has 0 aliphatic carbocycles. The van der Waals surface area contributed by atoms with Crippen molar-refractivity contribution in [3.63, 3.8) is 0 Å². The van der Waals surface area contributed by atoms with Gasteiger partial charge in [0.05, 0.1) is 21.6 Å². The molecule has 3 rings (SSSR count). The zero-order valence-corrected chi connectivity index (χ0v) is 19.0. The number of rotatable bonds is 5. The molecule has 0 amide bonds. The third-order valence-electron chi connectivity index (χ3n) is 5.60. The molecule has 0 aromatic heterocycles. The van der Waals surface area contributed by atoms with E-state index in [1.807, 2.05) is 0 Å². The Kier molecular flexibility index (Phi) is 7.00. The molecular weight excluding hydrogens is 488 g/mol. The third-order valence-corrected chi connectivity index (χ3v) is 6.76. The molecule has 0 saturated carbocycles. The molecule has 34 heavy (non-hydrogen) atoms. The van der Waals surface area contributed by atoms with Gasteiger partial charge in [-0.05, 0) is 55.7 Å². The fraction of sp³-hybridized carbons (Fsp3) is 0.455. The van der Waals surface area contributed by atoms with Gasteiger partial charge in [-0.15, -0.1) is 0 Å². The molecular formula is C22H23F6NO4S. The van der Waals surface area contributed by atoms with Crippen LogP contribution in [0.3, 0.4) is 0 Å². The van der Waals surface area contributed by atoms with Crippen LogP contribution in [0.15, 0.2) is 47.4 Å². The molecule has 5 nitrogen and oxygen atoms in total. The van der Waals surface area contributed by atoms with Gasteiger partial charge in [0, 0.05) is 18.3 Å². The number of alkyl halides is 6. The summed E-state index contributed by atoms with van der Waals surface area (Å²) in [7, 11) is -4.13. The van der Waals surface area contributed by atoms with Crippen LogP contribution in [-0.2, 0) is 27.8 Å². The Bertz CT molecular complexity index is 1130. The topological polar surface area (TPSA) is 75.6 Å². The predicted octanol–water partition coefficient (Wildman–Crippen LogP) is 4.53. The van der Waals surface area contributed by atoms with Gasteiger partial charge in [0.25, 0.3) is 0 Å². The van der Waals surface area contributed by atoms with Crippen LogP contribution < -0.4 is 10.1 Å². The summed E-state index contributed by atoms with van der Waals surface area (Å²) in [5.74, 6) is -0.210. The maximum absolute atomic E-state index is 13.4. The summed E-state index contributed by atoms with van der Waals surface area (Å²) in [5, 5.41) is 14.3. The zero-order chi connectivity index (χ0) is 25.5. The summed E-state index contributed by atoms with van der Waals surface area (Å²) in [6.45, 7) is 1.59. The number of piperidine rings is 1. The summed E-state index contributed by atoms with van der Waals surface area (Å²) in [6, 6.07) is 5.90. The molecule has 2 N–H and O–H groups in total. The lowest BCUT2D eigenvalue weighted by atomic mass is 9.79. The van der Waals surface area contributed by atoms with Gasteiger partial charge in [0.2, 0.25) is 0 Å². The zero-order valence-electron chi connectivity index (χ0n) is 18.2. The molecule has 1 aliphatic rings. The average molecular weight is 511 g/mol. The Labute approximate surface area is 192 Å². The molecule has 1 saturated heterocycles. The number of benzene rings is 2. The SMILES string of the molecule is C[C@H]1C[C@@](O)(c2ccc(C(F)(F)F)cc2)C[C@@H](COc2ccc(S(C)(=O)=O)c(C(F)(F)F)c2)N1. The Hall–Kier alpha value is -2.31. The van der Waals surface area contributed by atoms with Crippen LogP contribution in [0.25, 0.3) is 0 Å². The summed E-state index contributed by atoms with van der Waals surface area (Å²) in [5.41, 5.74) is -3.38. The van der Waals surface area contributed by atoms with Crippen LogP contribution in [0, 0.1) is 0 Å². The molecule has 3 atom stereocenters. The highest BCUT2D eigenvalue weighted by Crippen LogP contribution is 2.38. The first-order chi connectivity index (χ1) is 15.5. The monoisotopic (exact) mass is 511 g/mol. The van der Waals surface area contributed by atoms with E-state index in [0.29, 0.717) is 12.3 Å². The summed E-state index contributed by atoms with van der Waals surface area (Å²) in [6.07, 6.45) is -8.51. The minimum absolute atomic E-state index is 0.0380. The average Bonchev–Trinajstić information content (AvgIpc) is 2.69. The van der Waals surface area contributed by atoms with Crippen LogP contribution in [0.1, 0.15) is 36.5 Å². The quantitative estimate of drug-likeness (QED) is 0.577. The van der Waals surface area contributed by atoms with Crippen molar-refractivity contribution in [2.45, 2.75) is 54.7 Å². The van der Waals surface area contributed by atoms with E-state index in [2.05, 4.69) is 5.32 Å². The molecule has 1 fully saturated rings. The highest BCUT2D eigenvalue weighted by Gasteiger charge is 2.40. The van der Waals surface area contributed by atoms with Crippen molar-refractivity contribution in [2.24, 2.45) is 0 Å². The number of hydrogen-bond donors (Lipinski definition) is 2. The van der Waals surface area contributed by atoms with E-state index in [-0.39, 0.29) is 36.8 Å². The van der Waals surface area contributed by atoms with E-state index < -0.39 is 49.9 Å². The standard InChI is InChI=1S/C22H23F6NO4S/c1-13-10-20(30,14-3-5-15(6-4-14)21(23,24)25)11-16(29-13)12-33-17-7-8-19(34(2,31)32)18(9-17)22(26,27)28/h3-9,13,16,29-30H,10-12H2,1-2H3/t13-,16-,20-/m0/s1. The van der Waals surface area contributed by atoms with E-state index in [1.165, 1.54) is 12.1 Å². The minimum atomic E-state index is -4.92. The Balaban J connectivity index is 1.78. The van der Waals surface area contributed by atoms with Gasteiger partial charge in [0.1, 0.15) is 12.4 Å². The molecule has 1 aliphatic heterocycles. The molecule has 0 unspecified atom stereocenters. The molecule has 0 bridgehead atoms. The molecule has 1 heterocycles. The van der Waals surface area contributed by atoms with Crippen LogP contribution in [0.2, 0.25) is 0 Å². The Morgan fingerprint density at radius 3 is 2.18 bits per heavy atom. The number of hydrogen-bond acceptors (Lipinski definition) is 5. The molecule has 2 aromatic rings. The van der Waals surface area contributed by atoms with E-state index in [1.54, 1.807) is 6.92 Å². The fourth-order valence-corrected chi connectivity index (χ4v) is 5.06. The molecule has 12 heteroatoms. The molecule has 0 radical (unpaired) electrons. The second-order valence-electron chi connectivity index (χ2n) is 8.52. The van der Waals surface area contributed by atoms with Gasteiger partial charge >= 0.3 is 12.4 Å². The summed E-state index contributed by atoms with van der Waals surface area (Å²) in [4.78, 5) is -0.867. The van der Waals surface area contributed by atoms with Crippen molar-refractivity contribution in [1.29, 1.82) is 0 Å². The number of ether oxygens (including phenoxy) is 1. The van der Waals surface area contributed by atoms with Gasteiger partial charge in [-0.25, -0.2) is 8.42 Å². The Morgan fingerprint density at radius 1 is 1.03 bits per heavy atom. The van der Waals surface area contributed by atoms with Crippen LogP contribution in [0.4, 0.5) is 26.3 Å². The van der Waals surface area contributed by atoms with E-state index in [0.717, 1.165) is 24.3 Å². The lowest BCUT2D eigenvalue weighted by molar-refractivity contribution is -0.140. The number of nitrogens with one attached hydrogen (secondary N) is 1. The van der Waals surface area contributed by atoms with Crippen LogP contribution in [-0.4, -0.2) is 38.5 Å². The maximum atomic E-state index is 13.4. The number of aliphatic hydroxyl groups is 1. The molecule has 2 aromatic carbocycles.